The number of hydrogen-bond donors (Lipinski definition) is 1. The Labute approximate surface area is 162 Å². The second-order valence-electron chi connectivity index (χ2n) is 6.84. The highest BCUT2D eigenvalue weighted by Gasteiger charge is 2.23. The summed E-state index contributed by atoms with van der Waals surface area (Å²) in [5, 5.41) is 6.63. The minimum atomic E-state index is -0.359. The Morgan fingerprint density at radius 2 is 2.00 bits per heavy atom. The topological polar surface area (TPSA) is 93.4 Å². The molecule has 0 aromatic carbocycles. The molecule has 8 nitrogen and oxygen atoms in total. The highest BCUT2D eigenvalue weighted by Crippen LogP contribution is 2.21. The van der Waals surface area contributed by atoms with Gasteiger partial charge < -0.3 is 19.5 Å². The number of ether oxygens (including phenoxy) is 1. The highest BCUT2D eigenvalue weighted by atomic mass is 16.5. The van der Waals surface area contributed by atoms with Gasteiger partial charge in [0.2, 0.25) is 0 Å². The summed E-state index contributed by atoms with van der Waals surface area (Å²) in [6.45, 7) is 5.68. The van der Waals surface area contributed by atoms with Crippen LogP contribution >= 0.6 is 0 Å². The summed E-state index contributed by atoms with van der Waals surface area (Å²) < 4.78 is 11.0. The van der Waals surface area contributed by atoms with E-state index in [9.17, 15) is 4.79 Å². The van der Waals surface area contributed by atoms with E-state index in [-0.39, 0.29) is 23.8 Å². The van der Waals surface area contributed by atoms with Crippen LogP contribution in [-0.4, -0.2) is 46.3 Å². The first kappa shape index (κ1) is 18.1. The zero-order chi connectivity index (χ0) is 19.5. The quantitative estimate of drug-likeness (QED) is 0.745. The standard InChI is InChI=1S/C20H21N5O3/c1-13-11-25(12-14(2)27-13)19-6-5-16(10-22-19)23-20(26)17-8-18(28-24-17)15-4-3-7-21-9-15/h3-10,13-14H,11-12H2,1-2H3,(H,23,26). The number of carbonyl (C=O) groups excluding carboxylic acids is 1. The van der Waals surface area contributed by atoms with E-state index >= 15 is 0 Å². The van der Waals surface area contributed by atoms with Crippen LogP contribution in [0.2, 0.25) is 0 Å². The van der Waals surface area contributed by atoms with E-state index in [0.717, 1.165) is 24.5 Å². The summed E-state index contributed by atoms with van der Waals surface area (Å²) in [7, 11) is 0. The molecule has 8 heteroatoms. The summed E-state index contributed by atoms with van der Waals surface area (Å²) in [6, 6.07) is 8.94. The molecule has 4 heterocycles. The molecular formula is C20H21N5O3. The molecule has 1 amide bonds. The number of nitrogens with one attached hydrogen (secondary N) is 1. The van der Waals surface area contributed by atoms with Gasteiger partial charge in [0.25, 0.3) is 5.91 Å². The molecule has 0 saturated carbocycles. The van der Waals surface area contributed by atoms with Crippen molar-refractivity contribution in [2.45, 2.75) is 26.1 Å². The summed E-state index contributed by atoms with van der Waals surface area (Å²) in [4.78, 5) is 23.1. The SMILES string of the molecule is CC1CN(c2ccc(NC(=O)c3cc(-c4cccnc4)on3)cn2)CC(C)O1. The van der Waals surface area contributed by atoms with Crippen molar-refractivity contribution < 1.29 is 14.1 Å². The minimum absolute atomic E-state index is 0.158. The monoisotopic (exact) mass is 379 g/mol. The van der Waals surface area contributed by atoms with Crippen molar-refractivity contribution in [2.24, 2.45) is 0 Å². The van der Waals surface area contributed by atoms with Crippen LogP contribution in [0.25, 0.3) is 11.3 Å². The first-order valence-electron chi connectivity index (χ1n) is 9.13. The van der Waals surface area contributed by atoms with E-state index in [1.165, 1.54) is 0 Å². The number of aromatic nitrogens is 3. The van der Waals surface area contributed by atoms with Crippen molar-refractivity contribution in [1.29, 1.82) is 0 Å². The van der Waals surface area contributed by atoms with Crippen LogP contribution in [-0.2, 0) is 4.74 Å². The molecule has 1 fully saturated rings. The minimum Gasteiger partial charge on any atom is -0.372 e. The third-order valence-electron chi connectivity index (χ3n) is 4.44. The number of pyridine rings is 2. The molecule has 144 valence electrons. The molecule has 0 spiro atoms. The van der Waals surface area contributed by atoms with Crippen LogP contribution in [0.5, 0.6) is 0 Å². The lowest BCUT2D eigenvalue weighted by atomic mass is 10.2. The second-order valence-corrected chi connectivity index (χ2v) is 6.84. The summed E-state index contributed by atoms with van der Waals surface area (Å²) >= 11 is 0. The Kier molecular flexibility index (Phi) is 5.03. The van der Waals surface area contributed by atoms with Gasteiger partial charge in [-0.2, -0.15) is 0 Å². The lowest BCUT2D eigenvalue weighted by Crippen LogP contribution is -2.45. The lowest BCUT2D eigenvalue weighted by Gasteiger charge is -2.36. The maximum atomic E-state index is 12.4. The van der Waals surface area contributed by atoms with Crippen LogP contribution in [0.4, 0.5) is 11.5 Å². The summed E-state index contributed by atoms with van der Waals surface area (Å²) in [5.74, 6) is 0.990. The number of amides is 1. The zero-order valence-corrected chi connectivity index (χ0v) is 15.7. The maximum absolute atomic E-state index is 12.4. The smallest absolute Gasteiger partial charge is 0.277 e. The fraction of sp³-hybridized carbons (Fsp3) is 0.300. The highest BCUT2D eigenvalue weighted by molar-refractivity contribution is 6.03. The Morgan fingerprint density at radius 3 is 2.68 bits per heavy atom. The van der Waals surface area contributed by atoms with E-state index in [0.29, 0.717) is 11.4 Å². The van der Waals surface area contributed by atoms with Gasteiger partial charge in [-0.3, -0.25) is 9.78 Å². The maximum Gasteiger partial charge on any atom is 0.277 e. The van der Waals surface area contributed by atoms with Gasteiger partial charge in [0.05, 0.1) is 24.1 Å². The third-order valence-corrected chi connectivity index (χ3v) is 4.44. The predicted molar refractivity (Wildman–Crippen MR) is 104 cm³/mol. The van der Waals surface area contributed by atoms with E-state index in [1.807, 2.05) is 18.2 Å². The Hall–Kier alpha value is -3.26. The van der Waals surface area contributed by atoms with Crippen molar-refractivity contribution in [3.8, 4) is 11.3 Å². The normalized spacial score (nSPS) is 19.4. The fourth-order valence-corrected chi connectivity index (χ4v) is 3.23. The van der Waals surface area contributed by atoms with Crippen LogP contribution < -0.4 is 10.2 Å². The Balaban J connectivity index is 1.42. The fourth-order valence-electron chi connectivity index (χ4n) is 3.23. The second kappa shape index (κ2) is 7.77. The van der Waals surface area contributed by atoms with Gasteiger partial charge in [-0.1, -0.05) is 5.16 Å². The molecule has 1 N–H and O–H groups in total. The van der Waals surface area contributed by atoms with Crippen LogP contribution in [0.15, 0.2) is 53.4 Å². The molecule has 1 saturated heterocycles. The molecule has 1 aliphatic rings. The lowest BCUT2D eigenvalue weighted by molar-refractivity contribution is -0.00545. The third kappa shape index (κ3) is 4.01. The van der Waals surface area contributed by atoms with Crippen molar-refractivity contribution >= 4 is 17.4 Å². The molecule has 2 unspecified atom stereocenters. The Morgan fingerprint density at radius 1 is 1.18 bits per heavy atom. The van der Waals surface area contributed by atoms with Crippen LogP contribution in [0, 0.1) is 0 Å². The summed E-state index contributed by atoms with van der Waals surface area (Å²) in [5.41, 5.74) is 1.54. The van der Waals surface area contributed by atoms with Crippen LogP contribution in [0.3, 0.4) is 0 Å². The number of hydrogen-bond acceptors (Lipinski definition) is 7. The van der Waals surface area contributed by atoms with E-state index in [2.05, 4.69) is 39.2 Å². The van der Waals surface area contributed by atoms with Gasteiger partial charge in [-0.15, -0.1) is 0 Å². The first-order valence-corrected chi connectivity index (χ1v) is 9.13. The number of rotatable bonds is 4. The van der Waals surface area contributed by atoms with Gasteiger partial charge in [0.1, 0.15) is 5.82 Å². The zero-order valence-electron chi connectivity index (χ0n) is 15.7. The van der Waals surface area contributed by atoms with Gasteiger partial charge in [-0.05, 0) is 38.1 Å². The molecule has 0 bridgehead atoms. The molecule has 2 atom stereocenters. The molecular weight excluding hydrogens is 358 g/mol. The number of morpholine rings is 1. The first-order chi connectivity index (χ1) is 13.6. The summed E-state index contributed by atoms with van der Waals surface area (Å²) in [6.07, 6.45) is 5.28. The average molecular weight is 379 g/mol. The van der Waals surface area contributed by atoms with Crippen molar-refractivity contribution in [1.82, 2.24) is 15.1 Å². The molecule has 1 aliphatic heterocycles. The molecule has 3 aromatic rings. The van der Waals surface area contributed by atoms with Crippen LogP contribution in [0.1, 0.15) is 24.3 Å². The van der Waals surface area contributed by atoms with E-state index in [1.54, 1.807) is 30.7 Å². The number of anilines is 2. The molecule has 4 rings (SSSR count). The van der Waals surface area contributed by atoms with Gasteiger partial charge in [0.15, 0.2) is 11.5 Å². The van der Waals surface area contributed by atoms with Gasteiger partial charge >= 0.3 is 0 Å². The molecule has 3 aromatic heterocycles. The number of nitrogens with zero attached hydrogens (tertiary/aromatic N) is 4. The van der Waals surface area contributed by atoms with Crippen molar-refractivity contribution in [2.75, 3.05) is 23.3 Å². The average Bonchev–Trinajstić information content (AvgIpc) is 3.19. The van der Waals surface area contributed by atoms with E-state index < -0.39 is 0 Å². The predicted octanol–water partition coefficient (Wildman–Crippen LogP) is 3.00. The molecule has 0 radical (unpaired) electrons. The van der Waals surface area contributed by atoms with Gasteiger partial charge in [-0.25, -0.2) is 4.98 Å². The number of carbonyl (C=O) groups is 1. The molecule has 0 aliphatic carbocycles. The Bertz CT molecular complexity index is 932. The largest absolute Gasteiger partial charge is 0.372 e. The molecule has 28 heavy (non-hydrogen) atoms. The van der Waals surface area contributed by atoms with Gasteiger partial charge in [0, 0.05) is 37.1 Å². The van der Waals surface area contributed by atoms with Crippen molar-refractivity contribution in [3.05, 3.63) is 54.6 Å². The van der Waals surface area contributed by atoms with E-state index in [4.69, 9.17) is 9.26 Å². The van der Waals surface area contributed by atoms with Crippen molar-refractivity contribution in [3.63, 3.8) is 0 Å².